The number of aryl methyl sites for hydroxylation is 2. The molecule has 5 nitrogen and oxygen atoms in total. The highest BCUT2D eigenvalue weighted by Gasteiger charge is 2.14. The second-order valence-electron chi connectivity index (χ2n) is 6.98. The number of anilines is 1. The maximum Gasteiger partial charge on any atom is 0.321 e. The third-order valence-corrected chi connectivity index (χ3v) is 4.47. The number of urea groups is 1. The SMILES string of the molecule is Cc1cc(C)cc(-c2[nH]c3ccc(NC(=O)N(C)C)cc3c2CCN)c1. The molecule has 5 heteroatoms. The standard InChI is InChI=1S/C21H26N4O/c1-13-9-14(2)11-15(10-13)20-17(7-8-22)18-12-16(5-6-19(18)24-20)23-21(26)25(3)4/h5-6,9-12,24H,7-8,22H2,1-4H3,(H,23,26). The number of H-pyrrole nitrogens is 1. The van der Waals surface area contributed by atoms with E-state index in [-0.39, 0.29) is 6.03 Å². The molecule has 26 heavy (non-hydrogen) atoms. The maximum absolute atomic E-state index is 11.9. The molecular weight excluding hydrogens is 324 g/mol. The average molecular weight is 350 g/mol. The Morgan fingerprint density at radius 1 is 1.12 bits per heavy atom. The second-order valence-corrected chi connectivity index (χ2v) is 6.98. The van der Waals surface area contributed by atoms with Gasteiger partial charge in [-0.1, -0.05) is 17.2 Å². The van der Waals surface area contributed by atoms with Gasteiger partial charge < -0.3 is 20.9 Å². The molecule has 0 aliphatic carbocycles. The number of nitrogens with one attached hydrogen (secondary N) is 2. The predicted octanol–water partition coefficient (Wildman–Crippen LogP) is 4.05. The van der Waals surface area contributed by atoms with Crippen LogP contribution >= 0.6 is 0 Å². The summed E-state index contributed by atoms with van der Waals surface area (Å²) >= 11 is 0. The molecule has 0 aliphatic heterocycles. The van der Waals surface area contributed by atoms with Gasteiger partial charge in [0.2, 0.25) is 0 Å². The molecule has 4 N–H and O–H groups in total. The molecule has 1 aromatic heterocycles. The van der Waals surface area contributed by atoms with E-state index in [1.807, 2.05) is 18.2 Å². The van der Waals surface area contributed by atoms with Gasteiger partial charge in [0.15, 0.2) is 0 Å². The average Bonchev–Trinajstić information content (AvgIpc) is 2.92. The highest BCUT2D eigenvalue weighted by Crippen LogP contribution is 2.33. The van der Waals surface area contributed by atoms with E-state index in [9.17, 15) is 4.79 Å². The molecule has 0 radical (unpaired) electrons. The van der Waals surface area contributed by atoms with E-state index in [2.05, 4.69) is 42.3 Å². The Kier molecular flexibility index (Phi) is 5.00. The number of hydrogen-bond acceptors (Lipinski definition) is 2. The lowest BCUT2D eigenvalue weighted by atomic mass is 9.99. The van der Waals surface area contributed by atoms with Crippen molar-refractivity contribution < 1.29 is 4.79 Å². The third-order valence-electron chi connectivity index (χ3n) is 4.47. The lowest BCUT2D eigenvalue weighted by molar-refractivity contribution is 0.230. The molecule has 2 amide bonds. The molecule has 0 aliphatic rings. The van der Waals surface area contributed by atoms with Crippen molar-refractivity contribution in [1.82, 2.24) is 9.88 Å². The first-order chi connectivity index (χ1) is 12.4. The van der Waals surface area contributed by atoms with Gasteiger partial charge in [0, 0.05) is 36.4 Å². The zero-order valence-corrected chi connectivity index (χ0v) is 15.8. The van der Waals surface area contributed by atoms with E-state index in [4.69, 9.17) is 5.73 Å². The Bertz CT molecular complexity index is 936. The van der Waals surface area contributed by atoms with Crippen LogP contribution in [0.5, 0.6) is 0 Å². The van der Waals surface area contributed by atoms with Crippen LogP contribution < -0.4 is 11.1 Å². The van der Waals surface area contributed by atoms with Crippen LogP contribution in [-0.4, -0.2) is 36.6 Å². The summed E-state index contributed by atoms with van der Waals surface area (Å²) in [5.74, 6) is 0. The van der Waals surface area contributed by atoms with Crippen LogP contribution in [-0.2, 0) is 6.42 Å². The van der Waals surface area contributed by atoms with Crippen LogP contribution in [0.15, 0.2) is 36.4 Å². The van der Waals surface area contributed by atoms with Crippen LogP contribution in [0.1, 0.15) is 16.7 Å². The summed E-state index contributed by atoms with van der Waals surface area (Å²) in [7, 11) is 3.45. The van der Waals surface area contributed by atoms with Crippen molar-refractivity contribution in [3.8, 4) is 11.3 Å². The zero-order valence-electron chi connectivity index (χ0n) is 15.8. The van der Waals surface area contributed by atoms with Crippen molar-refractivity contribution in [2.45, 2.75) is 20.3 Å². The minimum absolute atomic E-state index is 0.144. The molecule has 1 heterocycles. The van der Waals surface area contributed by atoms with Gasteiger partial charge in [-0.2, -0.15) is 0 Å². The van der Waals surface area contributed by atoms with Crippen molar-refractivity contribution >= 4 is 22.6 Å². The Morgan fingerprint density at radius 2 is 1.81 bits per heavy atom. The Hall–Kier alpha value is -2.79. The number of hydrogen-bond donors (Lipinski definition) is 3. The van der Waals surface area contributed by atoms with Crippen molar-refractivity contribution in [2.24, 2.45) is 5.73 Å². The fraction of sp³-hybridized carbons (Fsp3) is 0.286. The summed E-state index contributed by atoms with van der Waals surface area (Å²) < 4.78 is 0. The van der Waals surface area contributed by atoms with Gasteiger partial charge in [-0.05, 0) is 68.3 Å². The zero-order chi connectivity index (χ0) is 18.8. The van der Waals surface area contributed by atoms with Crippen molar-refractivity contribution in [1.29, 1.82) is 0 Å². The van der Waals surface area contributed by atoms with E-state index in [1.165, 1.54) is 27.2 Å². The third kappa shape index (κ3) is 3.58. The fourth-order valence-electron chi connectivity index (χ4n) is 3.33. The van der Waals surface area contributed by atoms with Crippen molar-refractivity contribution in [3.63, 3.8) is 0 Å². The predicted molar refractivity (Wildman–Crippen MR) is 109 cm³/mol. The molecular formula is C21H26N4O. The van der Waals surface area contributed by atoms with E-state index in [0.29, 0.717) is 6.54 Å². The Balaban J connectivity index is 2.12. The molecule has 0 spiro atoms. The van der Waals surface area contributed by atoms with Gasteiger partial charge >= 0.3 is 6.03 Å². The van der Waals surface area contributed by atoms with E-state index in [0.717, 1.165) is 28.7 Å². The fourth-order valence-corrected chi connectivity index (χ4v) is 3.33. The van der Waals surface area contributed by atoms with Crippen LogP contribution in [0, 0.1) is 13.8 Å². The largest absolute Gasteiger partial charge is 0.354 e. The van der Waals surface area contributed by atoms with Crippen LogP contribution in [0.3, 0.4) is 0 Å². The molecule has 0 fully saturated rings. The van der Waals surface area contributed by atoms with E-state index >= 15 is 0 Å². The highest BCUT2D eigenvalue weighted by molar-refractivity contribution is 5.96. The first-order valence-electron chi connectivity index (χ1n) is 8.80. The lowest BCUT2D eigenvalue weighted by Crippen LogP contribution is -2.27. The number of carbonyl (C=O) groups excluding carboxylic acids is 1. The number of rotatable bonds is 4. The summed E-state index contributed by atoms with van der Waals surface area (Å²) in [6.45, 7) is 4.78. The van der Waals surface area contributed by atoms with Crippen LogP contribution in [0.4, 0.5) is 10.5 Å². The van der Waals surface area contributed by atoms with Crippen LogP contribution in [0.25, 0.3) is 22.2 Å². The number of aromatic nitrogens is 1. The number of nitrogens with zero attached hydrogens (tertiary/aromatic N) is 1. The molecule has 0 saturated heterocycles. The number of amides is 2. The molecule has 0 unspecified atom stereocenters. The Morgan fingerprint density at radius 3 is 2.42 bits per heavy atom. The normalized spacial score (nSPS) is 11.0. The summed E-state index contributed by atoms with van der Waals surface area (Å²) in [5.41, 5.74) is 13.6. The molecule has 0 bridgehead atoms. The molecule has 136 valence electrons. The smallest absolute Gasteiger partial charge is 0.321 e. The number of carbonyl (C=O) groups is 1. The summed E-state index contributed by atoms with van der Waals surface area (Å²) in [6, 6.07) is 12.3. The van der Waals surface area contributed by atoms with Crippen molar-refractivity contribution in [2.75, 3.05) is 26.0 Å². The van der Waals surface area contributed by atoms with Gasteiger partial charge in [-0.3, -0.25) is 0 Å². The number of fused-ring (bicyclic) bond motifs is 1. The molecule has 3 rings (SSSR count). The minimum Gasteiger partial charge on any atom is -0.354 e. The molecule has 3 aromatic rings. The second kappa shape index (κ2) is 7.22. The summed E-state index contributed by atoms with van der Waals surface area (Å²) in [4.78, 5) is 17.0. The Labute approximate surface area is 154 Å². The molecule has 0 saturated carbocycles. The van der Waals surface area contributed by atoms with Crippen molar-refractivity contribution in [3.05, 3.63) is 53.1 Å². The van der Waals surface area contributed by atoms with Gasteiger partial charge in [-0.25, -0.2) is 4.79 Å². The van der Waals surface area contributed by atoms with Gasteiger partial charge in [-0.15, -0.1) is 0 Å². The van der Waals surface area contributed by atoms with Gasteiger partial charge in [0.1, 0.15) is 0 Å². The topological polar surface area (TPSA) is 74.2 Å². The summed E-state index contributed by atoms with van der Waals surface area (Å²) in [5, 5.41) is 4.01. The first kappa shape index (κ1) is 18.0. The van der Waals surface area contributed by atoms with Gasteiger partial charge in [0.05, 0.1) is 0 Å². The minimum atomic E-state index is -0.144. The molecule has 2 aromatic carbocycles. The summed E-state index contributed by atoms with van der Waals surface area (Å²) in [6.07, 6.45) is 0.771. The van der Waals surface area contributed by atoms with Crippen LogP contribution in [0.2, 0.25) is 0 Å². The monoisotopic (exact) mass is 350 g/mol. The maximum atomic E-state index is 11.9. The van der Waals surface area contributed by atoms with E-state index in [1.54, 1.807) is 14.1 Å². The number of benzene rings is 2. The van der Waals surface area contributed by atoms with E-state index < -0.39 is 0 Å². The molecule has 0 atom stereocenters. The number of aromatic amines is 1. The number of nitrogens with two attached hydrogens (primary N) is 1. The van der Waals surface area contributed by atoms with Gasteiger partial charge in [0.25, 0.3) is 0 Å². The quantitative estimate of drug-likeness (QED) is 0.664. The first-order valence-corrected chi connectivity index (χ1v) is 8.80. The highest BCUT2D eigenvalue weighted by atomic mass is 16.2. The lowest BCUT2D eigenvalue weighted by Gasteiger charge is -2.12.